The van der Waals surface area contributed by atoms with E-state index in [0.717, 1.165) is 10.3 Å². The van der Waals surface area contributed by atoms with Crippen molar-refractivity contribution in [2.45, 2.75) is 28.5 Å². The Kier molecular flexibility index (Phi) is 6.92. The maximum atomic E-state index is 14.5. The first-order chi connectivity index (χ1) is 24.1. The lowest BCUT2D eigenvalue weighted by Crippen LogP contribution is -2.60. The van der Waals surface area contributed by atoms with Crippen molar-refractivity contribution >= 4 is 90.3 Å². The van der Waals surface area contributed by atoms with Crippen LogP contribution in [0.1, 0.15) is 24.3 Å². The minimum atomic E-state index is -2.03. The molecule has 0 bridgehead atoms. The summed E-state index contributed by atoms with van der Waals surface area (Å²) >= 11 is 18.1. The Morgan fingerprint density at radius 2 is 1.62 bits per heavy atom. The van der Waals surface area contributed by atoms with Gasteiger partial charge in [-0.15, -0.1) is 23.2 Å². The highest BCUT2D eigenvalue weighted by Gasteiger charge is 2.76. The van der Waals surface area contributed by atoms with E-state index in [-0.39, 0.29) is 30.0 Å². The average Bonchev–Trinajstić information content (AvgIpc) is 3.71. The van der Waals surface area contributed by atoms with Crippen LogP contribution in [0.4, 0.5) is 5.69 Å². The third kappa shape index (κ3) is 4.04. The monoisotopic (exact) mass is 769 g/mol. The molecule has 1 aromatic heterocycles. The molecule has 6 unspecified atom stereocenters. The molecular formula is C38H26BrCl2N3O6. The zero-order valence-corrected chi connectivity index (χ0v) is 29.2. The molecule has 9 rings (SSSR count). The second-order valence-electron chi connectivity index (χ2n) is 13.3. The fourth-order valence-corrected chi connectivity index (χ4v) is 10.1. The third-order valence-corrected chi connectivity index (χ3v) is 12.8. The predicted octanol–water partition coefficient (Wildman–Crippen LogP) is 7.27. The smallest absolute Gasteiger partial charge is 0.254 e. The molecular weight excluding hydrogens is 745 g/mol. The minimum Gasteiger partial charge on any atom is -0.508 e. The van der Waals surface area contributed by atoms with Crippen molar-refractivity contribution in [3.05, 3.63) is 102 Å². The van der Waals surface area contributed by atoms with Crippen molar-refractivity contribution in [2.75, 3.05) is 10.4 Å². The van der Waals surface area contributed by atoms with Crippen LogP contribution in [0.3, 0.4) is 0 Å². The number of aromatic hydroxyl groups is 1. The number of carbonyl (C=O) groups excluding carboxylic acids is 4. The first-order valence-corrected chi connectivity index (χ1v) is 18.0. The molecule has 0 radical (unpaired) electrons. The number of aromatic nitrogens is 1. The average molecular weight is 771 g/mol. The number of nitrogens with zero attached hydrogens (tertiary/aromatic N) is 3. The van der Waals surface area contributed by atoms with Crippen molar-refractivity contribution in [1.82, 2.24) is 9.88 Å². The van der Waals surface area contributed by atoms with Gasteiger partial charge in [0.1, 0.15) is 11.3 Å². The standard InChI is InChI=1S/C38H26BrCl2N3O6/c39-18-43-35(48)37(40)17-25-23(31(38(37,41)36(43)49)30-22-6-2-1-5-19(22)11-16-27(30)45)14-15-24-29(25)34(47)44(33(24)46)21-12-9-20(10-13-21)32-42-26-7-3-4-8-28(26)50-32/h1-14,16,24-25,29,31,45H,15,17-18H2. The number of phenolic OH excluding ortho intramolecular Hbond substituents is 1. The molecule has 9 nitrogen and oxygen atoms in total. The number of halogens is 3. The lowest BCUT2D eigenvalue weighted by atomic mass is 9.56. The maximum Gasteiger partial charge on any atom is 0.254 e. The number of hydrogen-bond donors (Lipinski definition) is 1. The Balaban J connectivity index is 1.14. The highest BCUT2D eigenvalue weighted by atomic mass is 79.9. The van der Waals surface area contributed by atoms with E-state index >= 15 is 0 Å². The third-order valence-electron chi connectivity index (χ3n) is 10.9. The molecule has 1 N–H and O–H groups in total. The first-order valence-electron chi connectivity index (χ1n) is 16.1. The molecule has 4 amide bonds. The summed E-state index contributed by atoms with van der Waals surface area (Å²) in [7, 11) is 0. The molecule has 6 atom stereocenters. The van der Waals surface area contributed by atoms with E-state index in [1.807, 2.05) is 54.6 Å². The zero-order chi connectivity index (χ0) is 34.7. The molecule has 2 aliphatic carbocycles. The summed E-state index contributed by atoms with van der Waals surface area (Å²) in [6.07, 6.45) is 1.91. The van der Waals surface area contributed by atoms with Gasteiger partial charge in [0.05, 0.1) is 23.0 Å². The van der Waals surface area contributed by atoms with Crippen LogP contribution in [0.5, 0.6) is 5.75 Å². The fraction of sp³-hybridized carbons (Fsp3) is 0.237. The number of phenols is 1. The number of hydrogen-bond acceptors (Lipinski definition) is 7. The van der Waals surface area contributed by atoms with Gasteiger partial charge in [0.15, 0.2) is 15.3 Å². The van der Waals surface area contributed by atoms with Gasteiger partial charge in [-0.3, -0.25) is 29.0 Å². The molecule has 2 aliphatic heterocycles. The van der Waals surface area contributed by atoms with Gasteiger partial charge in [-0.2, -0.15) is 0 Å². The van der Waals surface area contributed by atoms with Crippen LogP contribution in [-0.2, 0) is 19.2 Å². The number of amides is 4. The highest BCUT2D eigenvalue weighted by Crippen LogP contribution is 2.66. The van der Waals surface area contributed by atoms with Crippen LogP contribution in [0, 0.1) is 17.8 Å². The number of likely N-dealkylation sites (tertiary alicyclic amines) is 1. The van der Waals surface area contributed by atoms with E-state index in [9.17, 15) is 24.3 Å². The fourth-order valence-electron chi connectivity index (χ4n) is 8.66. The number of benzene rings is 4. The van der Waals surface area contributed by atoms with Crippen molar-refractivity contribution < 1.29 is 28.7 Å². The van der Waals surface area contributed by atoms with Crippen LogP contribution in [0.15, 0.2) is 101 Å². The normalized spacial score (nSPS) is 29.1. The summed E-state index contributed by atoms with van der Waals surface area (Å²) in [6.45, 7) is 0. The number of anilines is 1. The van der Waals surface area contributed by atoms with Crippen molar-refractivity contribution in [3.63, 3.8) is 0 Å². The summed E-state index contributed by atoms with van der Waals surface area (Å²) in [4.78, 5) is 59.5. The number of alkyl halides is 3. The quantitative estimate of drug-likeness (QED) is 0.0884. The topological polar surface area (TPSA) is 121 Å². The Labute approximate surface area is 303 Å². The molecule has 0 spiro atoms. The van der Waals surface area contributed by atoms with Crippen LogP contribution in [-0.4, -0.2) is 53.8 Å². The number of allylic oxidation sites excluding steroid dienone is 2. The number of rotatable bonds is 4. The van der Waals surface area contributed by atoms with E-state index in [2.05, 4.69) is 20.9 Å². The van der Waals surface area contributed by atoms with Crippen LogP contribution in [0.2, 0.25) is 0 Å². The molecule has 2 saturated heterocycles. The summed E-state index contributed by atoms with van der Waals surface area (Å²) in [5.41, 5.74) is 3.24. The van der Waals surface area contributed by atoms with Crippen LogP contribution >= 0.6 is 39.1 Å². The first kappa shape index (κ1) is 31.5. The number of imide groups is 2. The van der Waals surface area contributed by atoms with Crippen molar-refractivity contribution in [2.24, 2.45) is 17.8 Å². The van der Waals surface area contributed by atoms with Gasteiger partial charge in [0.2, 0.25) is 17.7 Å². The summed E-state index contributed by atoms with van der Waals surface area (Å²) < 4.78 is 5.90. The van der Waals surface area contributed by atoms with Crippen molar-refractivity contribution in [3.8, 4) is 17.2 Å². The lowest BCUT2D eigenvalue weighted by molar-refractivity contribution is -0.138. The van der Waals surface area contributed by atoms with Crippen molar-refractivity contribution in [1.29, 1.82) is 0 Å². The second kappa shape index (κ2) is 11.0. The number of fused-ring (bicyclic) bond motifs is 6. The van der Waals surface area contributed by atoms with E-state index < -0.39 is 51.1 Å². The van der Waals surface area contributed by atoms with Gasteiger partial charge in [-0.25, -0.2) is 4.98 Å². The SMILES string of the molecule is O=C1C2CC=C3C(CC4(Cl)C(=O)N(CBr)C(=O)C4(Cl)C3c3c(O)ccc4ccccc34)C2C(=O)N1c1ccc(-c2nc3ccccc3o2)cc1. The number of oxazole rings is 1. The Hall–Kier alpha value is -4.51. The molecule has 5 aromatic rings. The Morgan fingerprint density at radius 1 is 0.880 bits per heavy atom. The predicted molar refractivity (Wildman–Crippen MR) is 191 cm³/mol. The maximum absolute atomic E-state index is 14.5. The summed E-state index contributed by atoms with van der Waals surface area (Å²) in [5, 5.41) is 12.9. The van der Waals surface area contributed by atoms with Gasteiger partial charge in [0, 0.05) is 17.0 Å². The Morgan fingerprint density at radius 3 is 2.38 bits per heavy atom. The van der Waals surface area contributed by atoms with E-state index in [0.29, 0.717) is 44.8 Å². The van der Waals surface area contributed by atoms with Gasteiger partial charge < -0.3 is 9.52 Å². The molecule has 1 saturated carbocycles. The molecule has 250 valence electrons. The molecule has 50 heavy (non-hydrogen) atoms. The summed E-state index contributed by atoms with van der Waals surface area (Å²) in [5.74, 6) is -5.30. The van der Waals surface area contributed by atoms with E-state index in [1.165, 1.54) is 11.0 Å². The second-order valence-corrected chi connectivity index (χ2v) is 15.0. The number of carbonyl (C=O) groups is 4. The number of para-hydroxylation sites is 2. The minimum absolute atomic E-state index is 0.122. The van der Waals surface area contributed by atoms with Crippen LogP contribution < -0.4 is 4.90 Å². The van der Waals surface area contributed by atoms with Gasteiger partial charge in [0.25, 0.3) is 11.8 Å². The summed E-state index contributed by atoms with van der Waals surface area (Å²) in [6, 6.07) is 24.9. The van der Waals surface area contributed by atoms with Gasteiger partial charge in [-0.1, -0.05) is 70.0 Å². The van der Waals surface area contributed by atoms with Gasteiger partial charge in [-0.05, 0) is 72.0 Å². The largest absolute Gasteiger partial charge is 0.508 e. The zero-order valence-electron chi connectivity index (χ0n) is 26.1. The molecule has 3 fully saturated rings. The highest BCUT2D eigenvalue weighted by molar-refractivity contribution is 9.09. The Bertz CT molecular complexity index is 2330. The van der Waals surface area contributed by atoms with E-state index in [1.54, 1.807) is 30.3 Å². The van der Waals surface area contributed by atoms with E-state index in [4.69, 9.17) is 27.6 Å². The van der Waals surface area contributed by atoms with Crippen LogP contribution in [0.25, 0.3) is 33.3 Å². The lowest BCUT2D eigenvalue weighted by Gasteiger charge is -2.51. The molecule has 3 heterocycles. The molecule has 4 aliphatic rings. The molecule has 12 heteroatoms. The van der Waals surface area contributed by atoms with Gasteiger partial charge >= 0.3 is 0 Å². The molecule has 4 aromatic carbocycles.